The molecular formula is C17H16O2. The maximum atomic E-state index is 10.7. The van der Waals surface area contributed by atoms with E-state index < -0.39 is 0 Å². The highest BCUT2D eigenvalue weighted by atomic mass is 16.5. The van der Waals surface area contributed by atoms with Gasteiger partial charge in [0.05, 0.1) is 0 Å². The molecule has 2 aromatic carbocycles. The zero-order valence-electron chi connectivity index (χ0n) is 10.7. The van der Waals surface area contributed by atoms with Gasteiger partial charge >= 0.3 is 0 Å². The van der Waals surface area contributed by atoms with E-state index in [2.05, 4.69) is 12.1 Å². The summed E-state index contributed by atoms with van der Waals surface area (Å²) in [5.74, 6) is 1.53. The zero-order chi connectivity index (χ0) is 13.1. The molecule has 96 valence electrons. The fraction of sp³-hybridized carbons (Fsp3) is 0.235. The van der Waals surface area contributed by atoms with Crippen molar-refractivity contribution in [2.24, 2.45) is 5.92 Å². The molecule has 0 radical (unpaired) electrons. The Labute approximate surface area is 113 Å². The van der Waals surface area contributed by atoms with E-state index in [0.717, 1.165) is 24.0 Å². The molecule has 2 aromatic rings. The predicted octanol–water partition coefficient (Wildman–Crippen LogP) is 3.57. The average molecular weight is 252 g/mol. The third-order valence-electron chi connectivity index (χ3n) is 3.57. The number of rotatable bonds is 5. The van der Waals surface area contributed by atoms with E-state index in [1.807, 2.05) is 42.5 Å². The lowest BCUT2D eigenvalue weighted by molar-refractivity contribution is -0.108. The highest BCUT2D eigenvalue weighted by molar-refractivity contribution is 5.61. The molecule has 1 saturated carbocycles. The Kier molecular flexibility index (Phi) is 3.32. The number of benzene rings is 2. The van der Waals surface area contributed by atoms with Gasteiger partial charge in [0.2, 0.25) is 0 Å². The number of ether oxygens (including phenoxy) is 1. The average Bonchev–Trinajstić information content (AvgIpc) is 3.26. The second kappa shape index (κ2) is 5.27. The standard InChI is InChI=1S/C17H16O2/c18-11-15-10-17(15)14-6-8-16(9-7-14)19-12-13-4-2-1-3-5-13/h1-9,11,15,17H,10,12H2/t15?,17-/m1/s1. The van der Waals surface area contributed by atoms with Crippen LogP contribution in [0.2, 0.25) is 0 Å². The van der Waals surface area contributed by atoms with Gasteiger partial charge in [-0.2, -0.15) is 0 Å². The monoisotopic (exact) mass is 252 g/mol. The molecule has 1 aliphatic rings. The molecule has 0 N–H and O–H groups in total. The lowest BCUT2D eigenvalue weighted by Crippen LogP contribution is -1.95. The molecule has 0 heterocycles. The van der Waals surface area contributed by atoms with Gasteiger partial charge in [-0.05, 0) is 35.6 Å². The summed E-state index contributed by atoms with van der Waals surface area (Å²) < 4.78 is 5.73. The van der Waals surface area contributed by atoms with Crippen LogP contribution >= 0.6 is 0 Å². The van der Waals surface area contributed by atoms with Gasteiger partial charge in [0, 0.05) is 5.92 Å². The Morgan fingerprint density at radius 1 is 1.05 bits per heavy atom. The van der Waals surface area contributed by atoms with Crippen LogP contribution in [-0.2, 0) is 11.4 Å². The molecule has 0 amide bonds. The van der Waals surface area contributed by atoms with Crippen molar-refractivity contribution in [3.8, 4) is 5.75 Å². The Balaban J connectivity index is 1.59. The summed E-state index contributed by atoms with van der Waals surface area (Å²) in [4.78, 5) is 10.7. The smallest absolute Gasteiger partial charge is 0.123 e. The topological polar surface area (TPSA) is 26.3 Å². The maximum Gasteiger partial charge on any atom is 0.123 e. The highest BCUT2D eigenvalue weighted by Crippen LogP contribution is 2.46. The van der Waals surface area contributed by atoms with Gasteiger partial charge in [-0.3, -0.25) is 0 Å². The van der Waals surface area contributed by atoms with E-state index in [9.17, 15) is 4.79 Å². The van der Waals surface area contributed by atoms with Crippen molar-refractivity contribution in [3.63, 3.8) is 0 Å². The molecule has 1 aliphatic carbocycles. The highest BCUT2D eigenvalue weighted by Gasteiger charge is 2.37. The van der Waals surface area contributed by atoms with Crippen LogP contribution in [0, 0.1) is 5.92 Å². The molecule has 19 heavy (non-hydrogen) atoms. The van der Waals surface area contributed by atoms with Gasteiger partial charge in [-0.25, -0.2) is 0 Å². The number of hydrogen-bond donors (Lipinski definition) is 0. The fourth-order valence-corrected chi connectivity index (χ4v) is 2.30. The molecule has 0 saturated heterocycles. The van der Waals surface area contributed by atoms with Crippen LogP contribution in [0.4, 0.5) is 0 Å². The summed E-state index contributed by atoms with van der Waals surface area (Å²) in [6, 6.07) is 18.2. The SMILES string of the molecule is O=CC1C[C@@H]1c1ccc(OCc2ccccc2)cc1. The largest absolute Gasteiger partial charge is 0.489 e. The summed E-state index contributed by atoms with van der Waals surface area (Å²) in [7, 11) is 0. The number of aldehydes is 1. The van der Waals surface area contributed by atoms with Crippen molar-refractivity contribution in [2.75, 3.05) is 0 Å². The summed E-state index contributed by atoms with van der Waals surface area (Å²) in [5.41, 5.74) is 2.40. The number of hydrogen-bond acceptors (Lipinski definition) is 2. The summed E-state index contributed by atoms with van der Waals surface area (Å²) in [5, 5.41) is 0. The van der Waals surface area contributed by atoms with Crippen LogP contribution in [0.1, 0.15) is 23.5 Å². The van der Waals surface area contributed by atoms with Gasteiger partial charge in [-0.15, -0.1) is 0 Å². The molecular weight excluding hydrogens is 236 g/mol. The van der Waals surface area contributed by atoms with E-state index in [-0.39, 0.29) is 5.92 Å². The van der Waals surface area contributed by atoms with Gasteiger partial charge < -0.3 is 9.53 Å². The van der Waals surface area contributed by atoms with E-state index >= 15 is 0 Å². The minimum atomic E-state index is 0.232. The van der Waals surface area contributed by atoms with Crippen molar-refractivity contribution in [3.05, 3.63) is 65.7 Å². The van der Waals surface area contributed by atoms with Crippen LogP contribution in [0.15, 0.2) is 54.6 Å². The molecule has 0 aliphatic heterocycles. The zero-order valence-corrected chi connectivity index (χ0v) is 10.7. The van der Waals surface area contributed by atoms with Crippen LogP contribution < -0.4 is 4.74 Å². The number of carbonyl (C=O) groups is 1. The van der Waals surface area contributed by atoms with Crippen LogP contribution in [0.25, 0.3) is 0 Å². The van der Waals surface area contributed by atoms with Gasteiger partial charge in [0.1, 0.15) is 18.6 Å². The van der Waals surface area contributed by atoms with E-state index in [1.54, 1.807) is 0 Å². The van der Waals surface area contributed by atoms with Crippen molar-refractivity contribution in [2.45, 2.75) is 18.9 Å². The first-order valence-corrected chi connectivity index (χ1v) is 6.59. The van der Waals surface area contributed by atoms with Crippen LogP contribution in [0.5, 0.6) is 5.75 Å². The van der Waals surface area contributed by atoms with E-state index in [1.165, 1.54) is 5.56 Å². The molecule has 2 heteroatoms. The molecule has 2 nitrogen and oxygen atoms in total. The van der Waals surface area contributed by atoms with E-state index in [4.69, 9.17) is 4.74 Å². The van der Waals surface area contributed by atoms with Crippen molar-refractivity contribution in [1.82, 2.24) is 0 Å². The van der Waals surface area contributed by atoms with E-state index in [0.29, 0.717) is 12.5 Å². The Morgan fingerprint density at radius 2 is 1.79 bits per heavy atom. The molecule has 2 atom stereocenters. The molecule has 0 spiro atoms. The first kappa shape index (κ1) is 12.0. The second-order valence-electron chi connectivity index (χ2n) is 4.99. The third kappa shape index (κ3) is 2.84. The Bertz CT molecular complexity index is 545. The van der Waals surface area contributed by atoms with Crippen molar-refractivity contribution < 1.29 is 9.53 Å². The van der Waals surface area contributed by atoms with Crippen molar-refractivity contribution in [1.29, 1.82) is 0 Å². The minimum absolute atomic E-state index is 0.232. The lowest BCUT2D eigenvalue weighted by atomic mass is 10.1. The first-order valence-electron chi connectivity index (χ1n) is 6.59. The lowest BCUT2D eigenvalue weighted by Gasteiger charge is -2.07. The minimum Gasteiger partial charge on any atom is -0.489 e. The quantitative estimate of drug-likeness (QED) is 0.760. The first-order chi connectivity index (χ1) is 9.36. The normalized spacial score (nSPS) is 20.8. The number of carbonyl (C=O) groups excluding carboxylic acids is 1. The Morgan fingerprint density at radius 3 is 2.42 bits per heavy atom. The fourth-order valence-electron chi connectivity index (χ4n) is 2.30. The molecule has 0 aromatic heterocycles. The molecule has 1 unspecified atom stereocenters. The molecule has 1 fully saturated rings. The second-order valence-corrected chi connectivity index (χ2v) is 4.99. The Hall–Kier alpha value is -2.09. The summed E-state index contributed by atoms with van der Waals surface area (Å²) in [6.45, 7) is 0.584. The molecule has 0 bridgehead atoms. The summed E-state index contributed by atoms with van der Waals surface area (Å²) in [6.07, 6.45) is 2.05. The predicted molar refractivity (Wildman–Crippen MR) is 74.1 cm³/mol. The van der Waals surface area contributed by atoms with Crippen LogP contribution in [0.3, 0.4) is 0 Å². The van der Waals surface area contributed by atoms with Crippen LogP contribution in [-0.4, -0.2) is 6.29 Å². The molecule has 3 rings (SSSR count). The van der Waals surface area contributed by atoms with Gasteiger partial charge in [0.15, 0.2) is 0 Å². The third-order valence-corrected chi connectivity index (χ3v) is 3.57. The maximum absolute atomic E-state index is 10.7. The van der Waals surface area contributed by atoms with Gasteiger partial charge in [-0.1, -0.05) is 42.5 Å². The van der Waals surface area contributed by atoms with Crippen molar-refractivity contribution >= 4 is 6.29 Å². The summed E-state index contributed by atoms with van der Waals surface area (Å²) >= 11 is 0. The van der Waals surface area contributed by atoms with Gasteiger partial charge in [0.25, 0.3) is 0 Å².